The van der Waals surface area contributed by atoms with E-state index in [4.69, 9.17) is 17.3 Å². The van der Waals surface area contributed by atoms with Gasteiger partial charge in [0.1, 0.15) is 5.82 Å². The van der Waals surface area contributed by atoms with Gasteiger partial charge in [0, 0.05) is 17.0 Å². The first-order valence-corrected chi connectivity index (χ1v) is 5.10. The van der Waals surface area contributed by atoms with Crippen molar-refractivity contribution < 1.29 is 4.39 Å². The number of rotatable bonds is 1. The minimum absolute atomic E-state index is 0.00290. The van der Waals surface area contributed by atoms with Gasteiger partial charge in [0.15, 0.2) is 0 Å². The minimum Gasteiger partial charge on any atom is -0.322 e. The van der Waals surface area contributed by atoms with Crippen molar-refractivity contribution >= 4 is 22.5 Å². The third-order valence-electron chi connectivity index (χ3n) is 2.38. The fraction of sp³-hybridized carbons (Fsp3) is 0.182. The van der Waals surface area contributed by atoms with E-state index in [1.54, 1.807) is 13.0 Å². The van der Waals surface area contributed by atoms with Gasteiger partial charge >= 0.3 is 0 Å². The Balaban J connectivity index is 2.80. The molecule has 2 N–H and O–H groups in total. The van der Waals surface area contributed by atoms with Gasteiger partial charge in [-0.15, -0.1) is 0 Å². The maximum Gasteiger partial charge on any atom is 0.253 e. The van der Waals surface area contributed by atoms with Gasteiger partial charge in [-0.2, -0.15) is 0 Å². The first kappa shape index (κ1) is 11.1. The van der Waals surface area contributed by atoms with Crippen LogP contribution in [0.3, 0.4) is 0 Å². The number of aromatic amines is 1. The molecule has 83 valence electrons. The van der Waals surface area contributed by atoms with E-state index in [2.05, 4.69) is 4.98 Å². The number of fused-ring (bicyclic) bond motifs is 1. The van der Waals surface area contributed by atoms with Gasteiger partial charge in [0.25, 0.3) is 5.56 Å². The Morgan fingerprint density at radius 1 is 1.44 bits per heavy atom. The Morgan fingerprint density at radius 2 is 2.12 bits per heavy atom. The summed E-state index contributed by atoms with van der Waals surface area (Å²) >= 11 is 5.65. The average Bonchev–Trinajstić information content (AvgIpc) is 2.19. The van der Waals surface area contributed by atoms with Gasteiger partial charge in [-0.05, 0) is 25.1 Å². The number of benzene rings is 1. The van der Waals surface area contributed by atoms with Gasteiger partial charge < -0.3 is 4.98 Å². The number of aromatic nitrogens is 1. The van der Waals surface area contributed by atoms with Crippen LogP contribution in [0.5, 0.6) is 0 Å². The molecule has 1 atom stereocenters. The van der Waals surface area contributed by atoms with Crippen LogP contribution in [0.2, 0.25) is 5.02 Å². The van der Waals surface area contributed by atoms with Crippen LogP contribution in [0.1, 0.15) is 18.5 Å². The zero-order valence-corrected chi connectivity index (χ0v) is 9.23. The monoisotopic (exact) mass is 239 g/mol. The molecule has 0 fully saturated rings. The fourth-order valence-electron chi connectivity index (χ4n) is 1.54. The minimum atomic E-state index is -0.628. The quantitative estimate of drug-likeness (QED) is 0.817. The van der Waals surface area contributed by atoms with Crippen molar-refractivity contribution in [1.82, 2.24) is 10.7 Å². The molecule has 0 aliphatic heterocycles. The molecule has 0 spiro atoms. The summed E-state index contributed by atoms with van der Waals surface area (Å²) in [5, 5.41) is 0.628. The third kappa shape index (κ3) is 1.81. The summed E-state index contributed by atoms with van der Waals surface area (Å²) in [6, 6.07) is 3.56. The molecular formula is C11H9ClFN2O. The molecule has 3 nitrogen and oxygen atoms in total. The Labute approximate surface area is 96.0 Å². The molecule has 1 heterocycles. The molecule has 0 unspecified atom stereocenters. The predicted octanol–water partition coefficient (Wildman–Crippen LogP) is 2.66. The van der Waals surface area contributed by atoms with Crippen LogP contribution in [-0.2, 0) is 0 Å². The van der Waals surface area contributed by atoms with E-state index in [9.17, 15) is 9.18 Å². The van der Waals surface area contributed by atoms with Gasteiger partial charge in [0.2, 0.25) is 0 Å². The molecule has 1 aromatic carbocycles. The average molecular weight is 240 g/mol. The van der Waals surface area contributed by atoms with Gasteiger partial charge in [-0.25, -0.2) is 10.1 Å². The van der Waals surface area contributed by atoms with Gasteiger partial charge in [0.05, 0.1) is 10.5 Å². The summed E-state index contributed by atoms with van der Waals surface area (Å²) in [4.78, 5) is 14.1. The van der Waals surface area contributed by atoms with Crippen molar-refractivity contribution in [2.75, 3.05) is 0 Å². The number of halogens is 2. The molecule has 2 rings (SSSR count). The van der Waals surface area contributed by atoms with E-state index in [0.717, 1.165) is 0 Å². The molecule has 0 saturated heterocycles. The molecule has 0 aliphatic carbocycles. The summed E-state index contributed by atoms with van der Waals surface area (Å²) in [5.74, 6) is -0.573. The van der Waals surface area contributed by atoms with E-state index in [-0.39, 0.29) is 10.6 Å². The largest absolute Gasteiger partial charge is 0.322 e. The second-order valence-electron chi connectivity index (χ2n) is 3.63. The number of H-pyrrole nitrogens is 1. The molecule has 16 heavy (non-hydrogen) atoms. The maximum atomic E-state index is 13.1. The van der Waals surface area contributed by atoms with Gasteiger partial charge in [-0.3, -0.25) is 4.79 Å². The lowest BCUT2D eigenvalue weighted by Crippen LogP contribution is -2.15. The lowest BCUT2D eigenvalue weighted by Gasteiger charge is -2.06. The molecule has 0 bridgehead atoms. The molecule has 5 heteroatoms. The number of nitrogens with one attached hydrogen (secondary N) is 2. The lowest BCUT2D eigenvalue weighted by molar-refractivity contribution is 0.629. The maximum absolute atomic E-state index is 13.1. The van der Waals surface area contributed by atoms with Crippen molar-refractivity contribution in [3.05, 3.63) is 45.0 Å². The molecular weight excluding hydrogens is 231 g/mol. The van der Waals surface area contributed by atoms with E-state index < -0.39 is 11.9 Å². The van der Waals surface area contributed by atoms with Crippen LogP contribution < -0.4 is 11.3 Å². The van der Waals surface area contributed by atoms with Crippen LogP contribution in [-0.4, -0.2) is 4.98 Å². The van der Waals surface area contributed by atoms with Crippen LogP contribution in [0.25, 0.3) is 10.9 Å². The Morgan fingerprint density at radius 3 is 2.75 bits per heavy atom. The van der Waals surface area contributed by atoms with Crippen LogP contribution in [0.4, 0.5) is 4.39 Å². The number of hydrogen-bond donors (Lipinski definition) is 1. The van der Waals surface area contributed by atoms with E-state index in [0.29, 0.717) is 16.5 Å². The smallest absolute Gasteiger partial charge is 0.253 e. The second kappa shape index (κ2) is 3.88. The Kier molecular flexibility index (Phi) is 2.69. The molecule has 1 radical (unpaired) electrons. The zero-order valence-electron chi connectivity index (χ0n) is 8.47. The highest BCUT2D eigenvalue weighted by Gasteiger charge is 2.09. The molecule has 2 aromatic rings. The van der Waals surface area contributed by atoms with Crippen LogP contribution >= 0.6 is 11.6 Å². The molecule has 0 aliphatic rings. The first-order valence-electron chi connectivity index (χ1n) is 4.72. The Hall–Kier alpha value is -1.39. The molecule has 0 saturated carbocycles. The van der Waals surface area contributed by atoms with Crippen molar-refractivity contribution in [3.8, 4) is 0 Å². The molecule has 1 aromatic heterocycles. The third-order valence-corrected chi connectivity index (χ3v) is 2.67. The predicted molar refractivity (Wildman–Crippen MR) is 61.0 cm³/mol. The summed E-state index contributed by atoms with van der Waals surface area (Å²) < 4.78 is 13.1. The highest BCUT2D eigenvalue weighted by Crippen LogP contribution is 2.22. The SMILES string of the molecule is C[C@H]([NH])c1cc2cc(Cl)c(F)cc2[nH]c1=O. The van der Waals surface area contributed by atoms with E-state index >= 15 is 0 Å². The van der Waals surface area contributed by atoms with Crippen molar-refractivity contribution in [2.45, 2.75) is 13.0 Å². The van der Waals surface area contributed by atoms with E-state index in [1.807, 2.05) is 0 Å². The summed E-state index contributed by atoms with van der Waals surface area (Å²) in [6.45, 7) is 1.60. The summed E-state index contributed by atoms with van der Waals surface area (Å²) in [5.41, 5.74) is 7.87. The number of pyridine rings is 1. The molecule has 0 amide bonds. The highest BCUT2D eigenvalue weighted by atomic mass is 35.5. The van der Waals surface area contributed by atoms with Crippen molar-refractivity contribution in [2.24, 2.45) is 0 Å². The van der Waals surface area contributed by atoms with Gasteiger partial charge in [-0.1, -0.05) is 11.6 Å². The van der Waals surface area contributed by atoms with Crippen LogP contribution in [0, 0.1) is 5.82 Å². The zero-order chi connectivity index (χ0) is 11.9. The number of hydrogen-bond acceptors (Lipinski definition) is 1. The normalized spacial score (nSPS) is 13.0. The topological polar surface area (TPSA) is 56.7 Å². The van der Waals surface area contributed by atoms with Crippen molar-refractivity contribution in [3.63, 3.8) is 0 Å². The lowest BCUT2D eigenvalue weighted by atomic mass is 10.1. The fourth-order valence-corrected chi connectivity index (χ4v) is 1.71. The van der Waals surface area contributed by atoms with Crippen molar-refractivity contribution in [1.29, 1.82) is 0 Å². The second-order valence-corrected chi connectivity index (χ2v) is 4.04. The highest BCUT2D eigenvalue weighted by molar-refractivity contribution is 6.31. The Bertz CT molecular complexity index is 607. The van der Waals surface area contributed by atoms with Crippen LogP contribution in [0.15, 0.2) is 23.0 Å². The first-order chi connectivity index (χ1) is 7.49. The summed E-state index contributed by atoms with van der Waals surface area (Å²) in [7, 11) is 0. The van der Waals surface area contributed by atoms with E-state index in [1.165, 1.54) is 12.1 Å². The standard InChI is InChI=1S/C11H9ClFN2O/c1-5(14)7-2-6-3-8(12)9(13)4-10(6)15-11(7)16/h2-5,14H,1H3,(H,15,16)/t5-/m0/s1. The summed E-state index contributed by atoms with van der Waals surface area (Å²) in [6.07, 6.45) is 0.